The van der Waals surface area contributed by atoms with Gasteiger partial charge < -0.3 is 14.4 Å². The molecule has 2 aromatic heterocycles. The molecule has 0 saturated carbocycles. The second-order valence-corrected chi connectivity index (χ2v) is 9.01. The number of nitrogens with zero attached hydrogens (tertiary/aromatic N) is 6. The Morgan fingerprint density at radius 3 is 2.51 bits per heavy atom. The molecule has 8 nitrogen and oxygen atoms in total. The summed E-state index contributed by atoms with van der Waals surface area (Å²) in [6.45, 7) is 6.57. The van der Waals surface area contributed by atoms with E-state index in [0.29, 0.717) is 32.6 Å². The average Bonchev–Trinajstić information content (AvgIpc) is 3.38. The molecule has 1 aromatic carbocycles. The van der Waals surface area contributed by atoms with Crippen LogP contribution in [0, 0.1) is 0 Å². The highest BCUT2D eigenvalue weighted by Crippen LogP contribution is 2.24. The molecule has 3 aromatic rings. The summed E-state index contributed by atoms with van der Waals surface area (Å²) in [4.78, 5) is 40.4. The summed E-state index contributed by atoms with van der Waals surface area (Å²) in [5, 5.41) is 0. The molecule has 3 heterocycles. The highest BCUT2D eigenvalue weighted by atomic mass is 16.2. The molecule has 0 atom stereocenters. The first-order valence-electron chi connectivity index (χ1n) is 12.3. The number of aryl methyl sites for hydroxylation is 1. The van der Waals surface area contributed by atoms with Gasteiger partial charge in [-0.3, -0.25) is 19.5 Å². The lowest BCUT2D eigenvalue weighted by Gasteiger charge is -2.31. The summed E-state index contributed by atoms with van der Waals surface area (Å²) in [6.07, 6.45) is 11.2. The lowest BCUT2D eigenvalue weighted by atomic mass is 10.1. The van der Waals surface area contributed by atoms with E-state index >= 15 is 0 Å². The largest absolute Gasteiger partial charge is 0.338 e. The topological polar surface area (TPSA) is 74.6 Å². The first-order valence-corrected chi connectivity index (χ1v) is 12.3. The van der Waals surface area contributed by atoms with Crippen LogP contribution in [0.1, 0.15) is 37.3 Å². The monoisotopic (exact) mass is 474 g/mol. The van der Waals surface area contributed by atoms with Crippen LogP contribution in [-0.2, 0) is 29.2 Å². The van der Waals surface area contributed by atoms with Crippen molar-refractivity contribution in [2.24, 2.45) is 0 Å². The number of carbonyl (C=O) groups is 2. The number of carbonyl (C=O) groups excluding carboxylic acids is 2. The molecule has 184 valence electrons. The van der Waals surface area contributed by atoms with Crippen molar-refractivity contribution in [1.29, 1.82) is 0 Å². The minimum atomic E-state index is 0.0197. The first-order chi connectivity index (χ1) is 17.1. The second kappa shape index (κ2) is 12.3. The number of rotatable bonds is 5. The van der Waals surface area contributed by atoms with Crippen LogP contribution in [0.5, 0.6) is 0 Å². The van der Waals surface area contributed by atoms with E-state index in [1.807, 2.05) is 57.1 Å². The van der Waals surface area contributed by atoms with Gasteiger partial charge in [-0.1, -0.05) is 24.3 Å². The van der Waals surface area contributed by atoms with E-state index < -0.39 is 0 Å². The Labute approximate surface area is 207 Å². The molecule has 1 aliphatic rings. The Kier molecular flexibility index (Phi) is 8.62. The van der Waals surface area contributed by atoms with Crippen LogP contribution < -0.4 is 4.90 Å². The Hall–Kier alpha value is -3.52. The fraction of sp³-hybridized carbons (Fsp3) is 0.407. The molecule has 0 radical (unpaired) electrons. The molecule has 4 rings (SSSR count). The predicted molar refractivity (Wildman–Crippen MR) is 135 cm³/mol. The fourth-order valence-corrected chi connectivity index (χ4v) is 4.61. The molecule has 0 aliphatic carbocycles. The van der Waals surface area contributed by atoms with E-state index in [1.54, 1.807) is 25.6 Å². The number of amides is 2. The van der Waals surface area contributed by atoms with Crippen molar-refractivity contribution < 1.29 is 9.59 Å². The maximum atomic E-state index is 13.3. The Bertz CT molecular complexity index is 1090. The average molecular weight is 475 g/mol. The van der Waals surface area contributed by atoms with E-state index in [9.17, 15) is 9.59 Å². The van der Waals surface area contributed by atoms with Crippen molar-refractivity contribution >= 4 is 17.5 Å². The van der Waals surface area contributed by atoms with E-state index in [0.717, 1.165) is 43.7 Å². The van der Waals surface area contributed by atoms with E-state index in [4.69, 9.17) is 0 Å². The van der Waals surface area contributed by atoms with Crippen molar-refractivity contribution in [1.82, 2.24) is 24.3 Å². The van der Waals surface area contributed by atoms with E-state index in [2.05, 4.69) is 20.9 Å². The molecule has 2 amide bonds. The van der Waals surface area contributed by atoms with Crippen LogP contribution in [0.2, 0.25) is 0 Å². The van der Waals surface area contributed by atoms with Crippen molar-refractivity contribution in [2.75, 3.05) is 31.1 Å². The molecule has 1 aliphatic heterocycles. The fourth-order valence-electron chi connectivity index (χ4n) is 4.61. The van der Waals surface area contributed by atoms with E-state index in [-0.39, 0.29) is 11.8 Å². The van der Waals surface area contributed by atoms with Crippen LogP contribution in [0.25, 0.3) is 0 Å². The lowest BCUT2D eigenvalue weighted by Crippen LogP contribution is -2.38. The highest BCUT2D eigenvalue weighted by molar-refractivity contribution is 5.92. The number of para-hydroxylation sites is 1. The molecular weight excluding hydrogens is 440 g/mol. The number of anilines is 1. The normalized spacial score (nSPS) is 15.7. The summed E-state index contributed by atoms with van der Waals surface area (Å²) in [7, 11) is 0. The van der Waals surface area contributed by atoms with Gasteiger partial charge in [0, 0.05) is 89.6 Å². The molecule has 0 spiro atoms. The maximum absolute atomic E-state index is 13.3. The minimum Gasteiger partial charge on any atom is -0.338 e. The smallest absolute Gasteiger partial charge is 0.224 e. The van der Waals surface area contributed by atoms with Crippen LogP contribution in [0.4, 0.5) is 5.69 Å². The molecule has 0 N–H and O–H groups in total. The summed E-state index contributed by atoms with van der Waals surface area (Å²) in [6, 6.07) is 12.0. The van der Waals surface area contributed by atoms with Gasteiger partial charge in [-0.2, -0.15) is 0 Å². The standard InChI is InChI=1S/C27H34N6O2/c1-23(34)33-16-6-14-30(20-24-7-4-11-28-19-24)13-5-15-32(21-25-8-2-3-9-26(25)33)27(35)10-17-31-18-12-29-22-31/h2-4,7-9,11-12,18-19,22H,5-6,10,13-17,20-21H2,1H3. The maximum Gasteiger partial charge on any atom is 0.224 e. The van der Waals surface area contributed by atoms with Gasteiger partial charge >= 0.3 is 0 Å². The van der Waals surface area contributed by atoms with Gasteiger partial charge in [0.2, 0.25) is 11.8 Å². The van der Waals surface area contributed by atoms with Crippen LogP contribution in [-0.4, -0.2) is 62.3 Å². The first kappa shape index (κ1) is 24.6. The SMILES string of the molecule is CC(=O)N1CCCN(Cc2cccnc2)CCCN(C(=O)CCn2ccnc2)Cc2ccccc21. The molecular formula is C27H34N6O2. The summed E-state index contributed by atoms with van der Waals surface area (Å²) < 4.78 is 1.93. The quantitative estimate of drug-likeness (QED) is 0.567. The zero-order valence-corrected chi connectivity index (χ0v) is 20.4. The zero-order chi connectivity index (χ0) is 24.5. The second-order valence-electron chi connectivity index (χ2n) is 9.01. The Morgan fingerprint density at radius 1 is 0.943 bits per heavy atom. The van der Waals surface area contributed by atoms with Crippen molar-refractivity contribution in [3.05, 3.63) is 78.6 Å². The third-order valence-electron chi connectivity index (χ3n) is 6.41. The Balaban J connectivity index is 1.55. The molecule has 0 saturated heterocycles. The van der Waals surface area contributed by atoms with Gasteiger partial charge in [-0.05, 0) is 36.1 Å². The number of pyridine rings is 1. The third-order valence-corrected chi connectivity index (χ3v) is 6.41. The van der Waals surface area contributed by atoms with Gasteiger partial charge in [0.1, 0.15) is 0 Å². The highest BCUT2D eigenvalue weighted by Gasteiger charge is 2.21. The summed E-state index contributed by atoms with van der Waals surface area (Å²) in [5.74, 6) is 0.130. The third kappa shape index (κ3) is 6.99. The molecule has 0 bridgehead atoms. The van der Waals surface area contributed by atoms with Crippen molar-refractivity contribution in [2.45, 2.75) is 45.8 Å². The number of fused-ring (bicyclic) bond motifs is 1. The summed E-state index contributed by atoms with van der Waals surface area (Å²) in [5.41, 5.74) is 3.07. The van der Waals surface area contributed by atoms with Crippen molar-refractivity contribution in [3.8, 4) is 0 Å². The molecule has 0 unspecified atom stereocenters. The number of hydrogen-bond acceptors (Lipinski definition) is 5. The van der Waals surface area contributed by atoms with Gasteiger partial charge in [0.15, 0.2) is 0 Å². The number of aromatic nitrogens is 3. The number of imidazole rings is 1. The molecule has 35 heavy (non-hydrogen) atoms. The van der Waals surface area contributed by atoms with Gasteiger partial charge in [0.25, 0.3) is 0 Å². The Morgan fingerprint density at radius 2 is 1.77 bits per heavy atom. The molecule has 0 fully saturated rings. The van der Waals surface area contributed by atoms with Crippen molar-refractivity contribution in [3.63, 3.8) is 0 Å². The van der Waals surface area contributed by atoms with Crippen LogP contribution in [0.15, 0.2) is 67.5 Å². The predicted octanol–water partition coefficient (Wildman–Crippen LogP) is 3.35. The van der Waals surface area contributed by atoms with Gasteiger partial charge in [-0.25, -0.2) is 4.98 Å². The van der Waals surface area contributed by atoms with Gasteiger partial charge in [0.05, 0.1) is 6.33 Å². The number of hydrogen-bond donors (Lipinski definition) is 0. The van der Waals surface area contributed by atoms with Crippen LogP contribution >= 0.6 is 0 Å². The minimum absolute atomic E-state index is 0.0197. The zero-order valence-electron chi connectivity index (χ0n) is 20.4. The molecule has 8 heteroatoms. The summed E-state index contributed by atoms with van der Waals surface area (Å²) >= 11 is 0. The van der Waals surface area contributed by atoms with Crippen LogP contribution in [0.3, 0.4) is 0 Å². The lowest BCUT2D eigenvalue weighted by molar-refractivity contribution is -0.132. The number of benzene rings is 1. The van der Waals surface area contributed by atoms with Gasteiger partial charge in [-0.15, -0.1) is 0 Å². The van der Waals surface area contributed by atoms with E-state index in [1.165, 1.54) is 5.56 Å².